The van der Waals surface area contributed by atoms with Gasteiger partial charge in [-0.05, 0) is 12.5 Å². The van der Waals surface area contributed by atoms with Gasteiger partial charge >= 0.3 is 6.03 Å². The van der Waals surface area contributed by atoms with Crippen molar-refractivity contribution >= 4 is 12.0 Å². The highest BCUT2D eigenvalue weighted by molar-refractivity contribution is 5.74. The van der Waals surface area contributed by atoms with Gasteiger partial charge in [-0.2, -0.15) is 0 Å². The third kappa shape index (κ3) is 2.39. The van der Waals surface area contributed by atoms with Gasteiger partial charge in [0.15, 0.2) is 0 Å². The van der Waals surface area contributed by atoms with Gasteiger partial charge in [-0.1, -0.05) is 0 Å². The summed E-state index contributed by atoms with van der Waals surface area (Å²) >= 11 is 0. The highest BCUT2D eigenvalue weighted by Crippen LogP contribution is 2.12. The molecule has 2 heterocycles. The zero-order valence-corrected chi connectivity index (χ0v) is 9.18. The molecule has 86 valence electrons. The number of nitrogens with one attached hydrogen (secondary N) is 2. The van der Waals surface area contributed by atoms with Crippen molar-refractivity contribution in [1.82, 2.24) is 20.2 Å². The lowest BCUT2D eigenvalue weighted by Gasteiger charge is -2.16. The Morgan fingerprint density at radius 3 is 2.94 bits per heavy atom. The van der Waals surface area contributed by atoms with Crippen LogP contribution >= 0.6 is 0 Å². The molecule has 16 heavy (non-hydrogen) atoms. The molecule has 0 radical (unpaired) electrons. The normalized spacial score (nSPS) is 19.6. The highest BCUT2D eigenvalue weighted by Gasteiger charge is 2.25. The first-order valence-corrected chi connectivity index (χ1v) is 5.30. The van der Waals surface area contributed by atoms with E-state index in [0.717, 1.165) is 13.0 Å². The van der Waals surface area contributed by atoms with Crippen LogP contribution in [0.3, 0.4) is 0 Å². The topological polar surface area (TPSA) is 70.2 Å². The SMILES string of the molecule is CNC(=O)N1CCC(Nc2ncccn2)C1. The molecule has 2 amide bonds. The third-order valence-electron chi connectivity index (χ3n) is 2.59. The summed E-state index contributed by atoms with van der Waals surface area (Å²) in [5.74, 6) is 0.617. The second kappa shape index (κ2) is 4.78. The summed E-state index contributed by atoms with van der Waals surface area (Å²) in [7, 11) is 1.64. The summed E-state index contributed by atoms with van der Waals surface area (Å²) in [6, 6.07) is 1.98. The fraction of sp³-hybridized carbons (Fsp3) is 0.500. The summed E-state index contributed by atoms with van der Waals surface area (Å²) in [5.41, 5.74) is 0. The number of rotatable bonds is 2. The van der Waals surface area contributed by atoms with Gasteiger partial charge in [-0.3, -0.25) is 0 Å². The zero-order valence-electron chi connectivity index (χ0n) is 9.18. The number of nitrogens with zero attached hydrogens (tertiary/aromatic N) is 3. The van der Waals surface area contributed by atoms with E-state index in [1.54, 1.807) is 30.4 Å². The van der Waals surface area contributed by atoms with E-state index >= 15 is 0 Å². The number of amides is 2. The maximum atomic E-state index is 11.4. The number of likely N-dealkylation sites (tertiary alicyclic amines) is 1. The van der Waals surface area contributed by atoms with Crippen molar-refractivity contribution in [3.63, 3.8) is 0 Å². The number of aromatic nitrogens is 2. The van der Waals surface area contributed by atoms with E-state index in [2.05, 4.69) is 20.6 Å². The number of carbonyl (C=O) groups is 1. The van der Waals surface area contributed by atoms with Crippen LogP contribution in [-0.2, 0) is 0 Å². The van der Waals surface area contributed by atoms with Crippen molar-refractivity contribution in [3.05, 3.63) is 18.5 Å². The predicted molar refractivity (Wildman–Crippen MR) is 60.1 cm³/mol. The summed E-state index contributed by atoms with van der Waals surface area (Å²) < 4.78 is 0. The Kier molecular flexibility index (Phi) is 3.19. The van der Waals surface area contributed by atoms with Crippen LogP contribution in [0.1, 0.15) is 6.42 Å². The van der Waals surface area contributed by atoms with Crippen molar-refractivity contribution in [3.8, 4) is 0 Å². The van der Waals surface area contributed by atoms with E-state index in [-0.39, 0.29) is 12.1 Å². The number of anilines is 1. The van der Waals surface area contributed by atoms with Gasteiger partial charge in [0.05, 0.1) is 0 Å². The Morgan fingerprint density at radius 1 is 1.50 bits per heavy atom. The molecule has 1 unspecified atom stereocenters. The minimum Gasteiger partial charge on any atom is -0.350 e. The van der Waals surface area contributed by atoms with Crippen molar-refractivity contribution in [2.45, 2.75) is 12.5 Å². The summed E-state index contributed by atoms with van der Waals surface area (Å²) in [5, 5.41) is 5.83. The molecule has 1 saturated heterocycles. The number of urea groups is 1. The van der Waals surface area contributed by atoms with Gasteiger partial charge in [0.1, 0.15) is 0 Å². The average Bonchev–Trinajstić information content (AvgIpc) is 2.78. The average molecular weight is 221 g/mol. The summed E-state index contributed by atoms with van der Waals surface area (Å²) in [6.07, 6.45) is 4.31. The van der Waals surface area contributed by atoms with Crippen LogP contribution in [0.4, 0.5) is 10.7 Å². The van der Waals surface area contributed by atoms with Gasteiger partial charge in [-0.15, -0.1) is 0 Å². The van der Waals surface area contributed by atoms with E-state index in [4.69, 9.17) is 0 Å². The van der Waals surface area contributed by atoms with Crippen LogP contribution in [0, 0.1) is 0 Å². The first kappa shape index (κ1) is 10.7. The first-order chi connectivity index (χ1) is 7.79. The molecule has 1 aromatic rings. The molecular weight excluding hydrogens is 206 g/mol. The van der Waals surface area contributed by atoms with Crippen LogP contribution in [-0.4, -0.2) is 47.1 Å². The molecule has 1 fully saturated rings. The van der Waals surface area contributed by atoms with E-state index < -0.39 is 0 Å². The van der Waals surface area contributed by atoms with E-state index in [9.17, 15) is 4.79 Å². The molecule has 1 aliphatic heterocycles. The van der Waals surface area contributed by atoms with E-state index in [1.165, 1.54) is 0 Å². The number of carbonyl (C=O) groups excluding carboxylic acids is 1. The third-order valence-corrected chi connectivity index (χ3v) is 2.59. The van der Waals surface area contributed by atoms with Gasteiger partial charge in [-0.25, -0.2) is 14.8 Å². The van der Waals surface area contributed by atoms with Gasteiger partial charge in [0, 0.05) is 38.6 Å². The molecule has 0 spiro atoms. The molecule has 0 bridgehead atoms. The van der Waals surface area contributed by atoms with E-state index in [1.807, 2.05) is 0 Å². The van der Waals surface area contributed by atoms with E-state index in [0.29, 0.717) is 12.5 Å². The van der Waals surface area contributed by atoms with Gasteiger partial charge < -0.3 is 15.5 Å². The number of hydrogen-bond acceptors (Lipinski definition) is 4. The maximum absolute atomic E-state index is 11.4. The minimum absolute atomic E-state index is 0.0294. The lowest BCUT2D eigenvalue weighted by atomic mass is 10.3. The van der Waals surface area contributed by atoms with Crippen molar-refractivity contribution in [1.29, 1.82) is 0 Å². The van der Waals surface area contributed by atoms with Crippen LogP contribution < -0.4 is 10.6 Å². The molecule has 1 atom stereocenters. The lowest BCUT2D eigenvalue weighted by molar-refractivity contribution is 0.211. The monoisotopic (exact) mass is 221 g/mol. The maximum Gasteiger partial charge on any atom is 0.317 e. The van der Waals surface area contributed by atoms with Gasteiger partial charge in [0.25, 0.3) is 0 Å². The first-order valence-electron chi connectivity index (χ1n) is 5.30. The van der Waals surface area contributed by atoms with Gasteiger partial charge in [0.2, 0.25) is 5.95 Å². The fourth-order valence-corrected chi connectivity index (χ4v) is 1.78. The zero-order chi connectivity index (χ0) is 11.4. The van der Waals surface area contributed by atoms with Crippen molar-refractivity contribution in [2.75, 3.05) is 25.5 Å². The molecule has 0 aliphatic carbocycles. The molecular formula is C10H15N5O. The van der Waals surface area contributed by atoms with Crippen LogP contribution in [0.25, 0.3) is 0 Å². The Balaban J connectivity index is 1.88. The standard InChI is InChI=1S/C10H15N5O/c1-11-10(16)15-6-3-8(7-15)14-9-12-4-2-5-13-9/h2,4-5,8H,3,6-7H2,1H3,(H,11,16)(H,12,13,14). The minimum atomic E-state index is -0.0294. The highest BCUT2D eigenvalue weighted by atomic mass is 16.2. The summed E-state index contributed by atoms with van der Waals surface area (Å²) in [4.78, 5) is 21.3. The number of hydrogen-bond donors (Lipinski definition) is 2. The molecule has 2 rings (SSSR count). The largest absolute Gasteiger partial charge is 0.350 e. The van der Waals surface area contributed by atoms with Crippen LogP contribution in [0.5, 0.6) is 0 Å². The summed E-state index contributed by atoms with van der Waals surface area (Å²) in [6.45, 7) is 1.46. The smallest absolute Gasteiger partial charge is 0.317 e. The quantitative estimate of drug-likeness (QED) is 0.753. The fourth-order valence-electron chi connectivity index (χ4n) is 1.78. The lowest BCUT2D eigenvalue weighted by Crippen LogP contribution is -2.37. The molecule has 6 heteroatoms. The Morgan fingerprint density at radius 2 is 2.25 bits per heavy atom. The van der Waals surface area contributed by atoms with Crippen LogP contribution in [0.2, 0.25) is 0 Å². The molecule has 0 aromatic carbocycles. The Labute approximate surface area is 94.1 Å². The Hall–Kier alpha value is -1.85. The predicted octanol–water partition coefficient (Wildman–Crippen LogP) is 0.302. The van der Waals surface area contributed by atoms with Crippen molar-refractivity contribution < 1.29 is 4.79 Å². The molecule has 1 aliphatic rings. The second-order valence-corrected chi connectivity index (χ2v) is 3.70. The van der Waals surface area contributed by atoms with Crippen LogP contribution in [0.15, 0.2) is 18.5 Å². The molecule has 6 nitrogen and oxygen atoms in total. The second-order valence-electron chi connectivity index (χ2n) is 3.70. The van der Waals surface area contributed by atoms with Crippen molar-refractivity contribution in [2.24, 2.45) is 0 Å². The molecule has 2 N–H and O–H groups in total. The Bertz CT molecular complexity index is 355. The molecule has 0 saturated carbocycles. The molecule has 1 aromatic heterocycles.